The number of carbonyl (C=O) groups excluding carboxylic acids is 5. The van der Waals surface area contributed by atoms with Gasteiger partial charge in [-0.3, -0.25) is 28.9 Å². The van der Waals surface area contributed by atoms with E-state index >= 15 is 0 Å². The lowest BCUT2D eigenvalue weighted by Crippen LogP contribution is -2.57. The van der Waals surface area contributed by atoms with Crippen LogP contribution in [0.3, 0.4) is 0 Å². The number of cyclic esters (lactones) is 1. The first kappa shape index (κ1) is 33.8. The summed E-state index contributed by atoms with van der Waals surface area (Å²) in [6.45, 7) is -1.92. The summed E-state index contributed by atoms with van der Waals surface area (Å²) >= 11 is 6.48. The molecule has 0 spiro atoms. The minimum atomic E-state index is -2.95. The van der Waals surface area contributed by atoms with Crippen LogP contribution in [-0.2, 0) is 38.4 Å². The topological polar surface area (TPSA) is 318 Å². The number of alkyl halides is 1. The Bertz CT molecular complexity index is 1770. The Morgan fingerprint density at radius 2 is 1.79 bits per heavy atom. The fraction of sp³-hybridized carbons (Fsp3) is 0.320. The minimum Gasteiger partial charge on any atom is -0.504 e. The van der Waals surface area contributed by atoms with Gasteiger partial charge in [0.05, 0.1) is 30.0 Å². The number of carboxylic acid groups (broad SMARTS) is 2. The zero-order valence-electron chi connectivity index (χ0n) is 23.7. The number of carboxylic acids is 2. The van der Waals surface area contributed by atoms with Crippen molar-refractivity contribution in [3.63, 3.8) is 0 Å². The van der Waals surface area contributed by atoms with Crippen molar-refractivity contribution >= 4 is 75.3 Å². The van der Waals surface area contributed by atoms with Crippen LogP contribution in [0.15, 0.2) is 22.7 Å². The number of aliphatic hydroxyl groups excluding tert-OH is 1. The number of phenolic OH excluding ortho intramolecular Hbond substituents is 2. The van der Waals surface area contributed by atoms with Crippen LogP contribution in [0.2, 0.25) is 0 Å². The van der Waals surface area contributed by atoms with E-state index in [1.54, 1.807) is 0 Å². The van der Waals surface area contributed by atoms with Gasteiger partial charge in [-0.05, 0) is 12.1 Å². The van der Waals surface area contributed by atoms with Crippen LogP contribution in [0.5, 0.6) is 11.5 Å². The number of benzene rings is 1. The van der Waals surface area contributed by atoms with Gasteiger partial charge in [0.15, 0.2) is 22.3 Å². The molecule has 2 saturated heterocycles. The lowest BCUT2D eigenvalue weighted by Gasteiger charge is -2.30. The summed E-state index contributed by atoms with van der Waals surface area (Å²) in [4.78, 5) is 104. The van der Waals surface area contributed by atoms with Crippen LogP contribution >= 0.6 is 22.9 Å². The average Bonchev–Trinajstić information content (AvgIpc) is 3.77. The third-order valence-electron chi connectivity index (χ3n) is 7.32. The van der Waals surface area contributed by atoms with E-state index in [-0.39, 0.29) is 15.9 Å². The number of aliphatic hydroxyl groups is 1. The van der Waals surface area contributed by atoms with Crippen LogP contribution in [0.1, 0.15) is 32.8 Å². The lowest BCUT2D eigenvalue weighted by molar-refractivity contribution is -0.256. The average molecular weight is 713 g/mol. The molecule has 2 fully saturated rings. The highest BCUT2D eigenvalue weighted by Crippen LogP contribution is 2.40. The van der Waals surface area contributed by atoms with Gasteiger partial charge in [0.25, 0.3) is 29.2 Å². The first-order valence-corrected chi connectivity index (χ1v) is 14.6. The molecule has 4 amide bonds. The second-order valence-corrected chi connectivity index (χ2v) is 11.4. The number of esters is 1. The molecule has 0 radical (unpaired) electrons. The molecule has 5 rings (SSSR count). The van der Waals surface area contributed by atoms with E-state index in [2.05, 4.69) is 15.5 Å². The summed E-state index contributed by atoms with van der Waals surface area (Å²) in [7, 11) is 0. The Labute approximate surface area is 274 Å². The third kappa shape index (κ3) is 5.34. The third-order valence-corrected chi connectivity index (χ3v) is 8.43. The number of ether oxygens (including phenoxy) is 1. The highest BCUT2D eigenvalue weighted by molar-refractivity contribution is 7.13. The number of nitrogens with two attached hydrogens (primary N) is 1. The maximum absolute atomic E-state index is 13.4. The van der Waals surface area contributed by atoms with Gasteiger partial charge in [0.2, 0.25) is 0 Å². The van der Waals surface area contributed by atoms with E-state index in [0.29, 0.717) is 4.90 Å². The number of halogens is 1. The standard InChI is InChI=1S/C25H21ClN6O15S/c26-6-24(7-33,21(41)42)47-30-15(11-5-48-23(27)29-11)16(36)28-10-4-45-32(19(10)39)25(22(43)44)3-12(20(40)46-25)31-17(37)8-1-13(34)14(35)2-9(8)18(31)38/h1-2,5,10,12,33-35H,3-4,6-7H2,(H2,27,29)(H,28,36)(H,41,42)(H,43,44)/b30-15-/t10-,12-,24?,25?/m0/s1. The number of hydrogen-bond donors (Lipinski definition) is 7. The number of thiazole rings is 1. The molecule has 4 heterocycles. The van der Waals surface area contributed by atoms with Crippen LogP contribution in [0.4, 0.5) is 5.13 Å². The molecule has 0 bridgehead atoms. The van der Waals surface area contributed by atoms with Gasteiger partial charge in [-0.25, -0.2) is 19.4 Å². The molecule has 0 saturated carbocycles. The molecule has 21 nitrogen and oxygen atoms in total. The molecule has 4 atom stereocenters. The Kier molecular flexibility index (Phi) is 8.60. The number of nitrogens with zero attached hydrogens (tertiary/aromatic N) is 4. The Balaban J connectivity index is 1.38. The summed E-state index contributed by atoms with van der Waals surface area (Å²) < 4.78 is 5.05. The molecular weight excluding hydrogens is 692 g/mol. The van der Waals surface area contributed by atoms with Crippen LogP contribution in [0.25, 0.3) is 0 Å². The summed E-state index contributed by atoms with van der Waals surface area (Å²) in [5.41, 5.74) is -1.64. The number of carbonyl (C=O) groups is 7. The number of nitrogens with one attached hydrogen (secondary N) is 1. The van der Waals surface area contributed by atoms with Gasteiger partial charge >= 0.3 is 23.6 Å². The number of imide groups is 1. The monoisotopic (exact) mass is 712 g/mol. The second kappa shape index (κ2) is 12.2. The molecule has 8 N–H and O–H groups in total. The first-order chi connectivity index (χ1) is 22.6. The van der Waals surface area contributed by atoms with Crippen molar-refractivity contribution in [1.82, 2.24) is 20.3 Å². The number of rotatable bonds is 11. The van der Waals surface area contributed by atoms with Gasteiger partial charge in [0, 0.05) is 5.38 Å². The number of hydrogen-bond acceptors (Lipinski definition) is 17. The van der Waals surface area contributed by atoms with Crippen molar-refractivity contribution < 1.29 is 73.5 Å². The maximum atomic E-state index is 13.4. The number of oxime groups is 1. The number of phenols is 2. The van der Waals surface area contributed by atoms with E-state index in [1.807, 2.05) is 0 Å². The number of anilines is 1. The Hall–Kier alpha value is -5.58. The molecule has 3 aliphatic heterocycles. The normalized spacial score (nSPS) is 23.6. The smallest absolute Gasteiger partial charge is 0.372 e. The molecule has 1 aromatic heterocycles. The molecular formula is C25H21ClN6O15S. The van der Waals surface area contributed by atoms with E-state index in [9.17, 15) is 59.1 Å². The molecule has 48 heavy (non-hydrogen) atoms. The molecule has 2 unspecified atom stereocenters. The van der Waals surface area contributed by atoms with Crippen molar-refractivity contribution in [2.45, 2.75) is 29.8 Å². The van der Waals surface area contributed by atoms with Gasteiger partial charge in [-0.15, -0.1) is 22.9 Å². The maximum Gasteiger partial charge on any atom is 0.372 e. The number of nitrogen functional groups attached to an aromatic ring is 1. The summed E-state index contributed by atoms with van der Waals surface area (Å²) in [6, 6.07) is -2.07. The number of aliphatic carboxylic acids is 2. The van der Waals surface area contributed by atoms with Crippen LogP contribution < -0.4 is 11.1 Å². The van der Waals surface area contributed by atoms with Crippen LogP contribution in [-0.4, -0.2) is 130 Å². The Morgan fingerprint density at radius 1 is 1.17 bits per heavy atom. The van der Waals surface area contributed by atoms with Crippen molar-refractivity contribution in [3.8, 4) is 11.5 Å². The highest BCUT2D eigenvalue weighted by atomic mass is 35.5. The number of hydroxylamine groups is 2. The van der Waals surface area contributed by atoms with Gasteiger partial charge in [0.1, 0.15) is 24.4 Å². The predicted octanol–water partition coefficient (Wildman–Crippen LogP) is -2.44. The summed E-state index contributed by atoms with van der Waals surface area (Å²) in [5, 5.41) is 55.6. The predicted molar refractivity (Wildman–Crippen MR) is 152 cm³/mol. The van der Waals surface area contributed by atoms with E-state index in [4.69, 9.17) is 31.7 Å². The first-order valence-electron chi connectivity index (χ1n) is 13.2. The van der Waals surface area contributed by atoms with Crippen molar-refractivity contribution in [3.05, 3.63) is 34.3 Å². The summed E-state index contributed by atoms with van der Waals surface area (Å²) in [5.74, 6) is -12.2. The molecule has 23 heteroatoms. The van der Waals surface area contributed by atoms with Gasteiger partial charge in [-0.2, -0.15) is 5.06 Å². The molecule has 2 aromatic rings. The fourth-order valence-corrected chi connectivity index (χ4v) is 5.55. The number of amides is 4. The molecule has 254 valence electrons. The molecule has 1 aromatic carbocycles. The van der Waals surface area contributed by atoms with Gasteiger partial charge < -0.3 is 46.2 Å². The van der Waals surface area contributed by atoms with E-state index in [1.165, 1.54) is 5.38 Å². The van der Waals surface area contributed by atoms with Crippen molar-refractivity contribution in [2.24, 2.45) is 5.16 Å². The fourth-order valence-electron chi connectivity index (χ4n) is 4.76. The SMILES string of the molecule is Nc1nc(/C(=N/OC(CO)(CCl)C(=O)O)C(=O)N[C@H]2CON(C3(C(=O)O)C[C@H](N4C(=O)c5cc(O)c(O)cc5C4=O)C(=O)O3)C2=O)cs1. The zero-order valence-corrected chi connectivity index (χ0v) is 25.3. The number of aromatic nitrogens is 1. The number of fused-ring (bicyclic) bond motifs is 1. The van der Waals surface area contributed by atoms with E-state index in [0.717, 1.165) is 23.5 Å². The van der Waals surface area contributed by atoms with E-state index < -0.39 is 119 Å². The molecule has 3 aliphatic rings. The van der Waals surface area contributed by atoms with Crippen molar-refractivity contribution in [1.29, 1.82) is 0 Å². The van der Waals surface area contributed by atoms with Crippen LogP contribution in [0, 0.1) is 0 Å². The highest BCUT2D eigenvalue weighted by Gasteiger charge is 2.65. The van der Waals surface area contributed by atoms with Crippen molar-refractivity contribution in [2.75, 3.05) is 24.8 Å². The Morgan fingerprint density at radius 3 is 2.29 bits per heavy atom. The quantitative estimate of drug-likeness (QED) is 0.0318. The minimum absolute atomic E-state index is 0.0615. The number of aromatic hydroxyl groups is 2. The lowest BCUT2D eigenvalue weighted by atomic mass is 10.0. The zero-order chi connectivity index (χ0) is 35.3. The molecule has 0 aliphatic carbocycles. The second-order valence-electron chi connectivity index (χ2n) is 10.2. The largest absolute Gasteiger partial charge is 0.504 e. The summed E-state index contributed by atoms with van der Waals surface area (Å²) in [6.07, 6.45) is -1.04. The van der Waals surface area contributed by atoms with Gasteiger partial charge in [-0.1, -0.05) is 5.16 Å².